The normalized spacial score (nSPS) is 12.1. The fourth-order valence-corrected chi connectivity index (χ4v) is 3.28. The van der Waals surface area contributed by atoms with E-state index in [-0.39, 0.29) is 10.3 Å². The number of nitrogens with zero attached hydrogens (tertiary/aromatic N) is 4. The Kier molecular flexibility index (Phi) is 4.30. The van der Waals surface area contributed by atoms with Crippen molar-refractivity contribution >= 4 is 15.7 Å². The first kappa shape index (κ1) is 17.1. The summed E-state index contributed by atoms with van der Waals surface area (Å²) in [5.74, 6) is 0.379. The van der Waals surface area contributed by atoms with E-state index in [0.29, 0.717) is 17.1 Å². The maximum Gasteiger partial charge on any atom is 0.204 e. The maximum atomic E-state index is 12.5. The molecule has 3 rings (SSSR count). The van der Waals surface area contributed by atoms with Crippen LogP contribution in [0.2, 0.25) is 0 Å². The summed E-state index contributed by atoms with van der Waals surface area (Å²) in [6, 6.07) is 13.5. The molecule has 0 spiro atoms. The van der Waals surface area contributed by atoms with Gasteiger partial charge in [0.15, 0.2) is 0 Å². The van der Waals surface area contributed by atoms with E-state index in [0.717, 1.165) is 5.56 Å². The van der Waals surface area contributed by atoms with Crippen LogP contribution >= 0.6 is 0 Å². The number of hydrogen-bond acceptors (Lipinski definition) is 5. The van der Waals surface area contributed by atoms with Crippen molar-refractivity contribution in [3.63, 3.8) is 0 Å². The first-order valence-corrected chi connectivity index (χ1v) is 9.12. The Morgan fingerprint density at radius 3 is 2.36 bits per heavy atom. The molecule has 2 aromatic carbocycles. The Hall–Kier alpha value is -2.74. The van der Waals surface area contributed by atoms with Crippen LogP contribution < -0.4 is 0 Å². The zero-order valence-electron chi connectivity index (χ0n) is 14.1. The molecule has 130 valence electrons. The number of aromatic amines is 1. The first-order valence-electron chi connectivity index (χ1n) is 7.68. The largest absolute Gasteiger partial charge is 0.573 e. The zero-order valence-corrected chi connectivity index (χ0v) is 14.9. The van der Waals surface area contributed by atoms with Crippen molar-refractivity contribution in [3.05, 3.63) is 58.8 Å². The molecule has 0 atom stereocenters. The summed E-state index contributed by atoms with van der Waals surface area (Å²) in [5.41, 5.74) is 1.96. The van der Waals surface area contributed by atoms with Gasteiger partial charge in [0.25, 0.3) is 0 Å². The molecule has 1 heterocycles. The van der Waals surface area contributed by atoms with Gasteiger partial charge in [-0.15, -0.1) is 15.9 Å². The summed E-state index contributed by atoms with van der Waals surface area (Å²) in [5, 5.41) is 13.6. The molecule has 0 aliphatic carbocycles. The highest BCUT2D eigenvalue weighted by Gasteiger charge is 2.14. The van der Waals surface area contributed by atoms with Gasteiger partial charge in [-0.2, -0.15) is 5.21 Å². The lowest BCUT2D eigenvalue weighted by Gasteiger charge is -2.24. The molecule has 0 bridgehead atoms. The second-order valence-corrected chi connectivity index (χ2v) is 8.23. The molecule has 3 aromatic rings. The number of benzene rings is 2. The lowest BCUT2D eigenvalue weighted by atomic mass is 9.87. The van der Waals surface area contributed by atoms with Crippen LogP contribution in [0.3, 0.4) is 0 Å². The standard InChI is InChI=1S/C17H18N5O2S/c1-17(2,3)13-7-9-15(10-8-13)25(23,24)20-14-6-4-5-12(11-14)16-18-21-22-19-16/h4-11H,1-3H3,(H,18,19,21,22)/q-1. The van der Waals surface area contributed by atoms with Crippen molar-refractivity contribution in [2.45, 2.75) is 31.1 Å². The van der Waals surface area contributed by atoms with Crippen LogP contribution in [0, 0.1) is 0 Å². The summed E-state index contributed by atoms with van der Waals surface area (Å²) in [4.78, 5) is 0.158. The molecular weight excluding hydrogens is 338 g/mol. The minimum absolute atomic E-state index is 0.0433. The van der Waals surface area contributed by atoms with E-state index in [1.807, 2.05) is 12.1 Å². The first-order chi connectivity index (χ1) is 11.8. The van der Waals surface area contributed by atoms with E-state index in [9.17, 15) is 8.42 Å². The molecule has 0 fully saturated rings. The summed E-state index contributed by atoms with van der Waals surface area (Å²) >= 11 is 0. The molecule has 1 aromatic heterocycles. The molecule has 0 amide bonds. The van der Waals surface area contributed by atoms with Gasteiger partial charge in [0.05, 0.1) is 4.90 Å². The van der Waals surface area contributed by atoms with Gasteiger partial charge in [-0.1, -0.05) is 57.2 Å². The van der Waals surface area contributed by atoms with E-state index < -0.39 is 10.0 Å². The van der Waals surface area contributed by atoms with Gasteiger partial charge in [0.1, 0.15) is 10.0 Å². The molecule has 0 saturated heterocycles. The number of H-pyrrole nitrogens is 1. The molecule has 8 heteroatoms. The fourth-order valence-electron chi connectivity index (χ4n) is 2.30. The van der Waals surface area contributed by atoms with Crippen LogP contribution in [-0.2, 0) is 15.4 Å². The van der Waals surface area contributed by atoms with Crippen molar-refractivity contribution in [1.82, 2.24) is 20.6 Å². The third kappa shape index (κ3) is 3.85. The molecule has 0 radical (unpaired) electrons. The van der Waals surface area contributed by atoms with Gasteiger partial charge in [-0.3, -0.25) is 0 Å². The average molecular weight is 356 g/mol. The van der Waals surface area contributed by atoms with Gasteiger partial charge in [0, 0.05) is 5.56 Å². The monoisotopic (exact) mass is 356 g/mol. The Balaban J connectivity index is 1.86. The van der Waals surface area contributed by atoms with E-state index >= 15 is 0 Å². The van der Waals surface area contributed by atoms with Crippen molar-refractivity contribution in [2.75, 3.05) is 0 Å². The van der Waals surface area contributed by atoms with Crippen LogP contribution in [-0.4, -0.2) is 29.0 Å². The average Bonchev–Trinajstić information content (AvgIpc) is 3.08. The Labute approximate surface area is 146 Å². The van der Waals surface area contributed by atoms with Crippen molar-refractivity contribution < 1.29 is 8.42 Å². The Bertz CT molecular complexity index is 959. The second-order valence-electron chi connectivity index (χ2n) is 6.63. The van der Waals surface area contributed by atoms with E-state index in [2.05, 4.69) is 46.1 Å². The molecular formula is C17H18N5O2S-. The number of nitrogens with one attached hydrogen (secondary N) is 1. The van der Waals surface area contributed by atoms with Crippen molar-refractivity contribution in [2.24, 2.45) is 0 Å². The Morgan fingerprint density at radius 1 is 1.04 bits per heavy atom. The van der Waals surface area contributed by atoms with Gasteiger partial charge >= 0.3 is 0 Å². The van der Waals surface area contributed by atoms with E-state index in [1.165, 1.54) is 0 Å². The molecule has 0 saturated carbocycles. The van der Waals surface area contributed by atoms with Gasteiger partial charge in [-0.05, 0) is 28.3 Å². The topological polar surface area (TPSA) is 103 Å². The van der Waals surface area contributed by atoms with E-state index in [1.54, 1.807) is 36.4 Å². The van der Waals surface area contributed by atoms with Crippen LogP contribution in [0.15, 0.2) is 53.4 Å². The SMILES string of the molecule is CC(C)(C)c1ccc(S(=O)(=O)[N-]c2cccc(-c3nn[nH]n3)c2)cc1. The summed E-state index contributed by atoms with van der Waals surface area (Å²) in [6.07, 6.45) is 0. The molecule has 1 N–H and O–H groups in total. The lowest BCUT2D eigenvalue weighted by Crippen LogP contribution is -2.11. The summed E-state index contributed by atoms with van der Waals surface area (Å²) < 4.78 is 29.0. The van der Waals surface area contributed by atoms with Crippen LogP contribution in [0.25, 0.3) is 16.1 Å². The van der Waals surface area contributed by atoms with Gasteiger partial charge in [-0.25, -0.2) is 8.42 Å². The lowest BCUT2D eigenvalue weighted by molar-refractivity contribution is 0.587. The number of sulfonamides is 1. The zero-order chi connectivity index (χ0) is 18.1. The van der Waals surface area contributed by atoms with Gasteiger partial charge in [0.2, 0.25) is 5.82 Å². The third-order valence-electron chi connectivity index (χ3n) is 3.69. The highest BCUT2D eigenvalue weighted by Crippen LogP contribution is 2.31. The van der Waals surface area contributed by atoms with Crippen LogP contribution in [0.4, 0.5) is 5.69 Å². The minimum Gasteiger partial charge on any atom is -0.573 e. The molecule has 0 aliphatic heterocycles. The highest BCUT2D eigenvalue weighted by molar-refractivity contribution is 7.94. The number of rotatable bonds is 4. The second kappa shape index (κ2) is 6.29. The van der Waals surface area contributed by atoms with Crippen molar-refractivity contribution in [3.8, 4) is 11.4 Å². The quantitative estimate of drug-likeness (QED) is 0.770. The number of aromatic nitrogens is 4. The predicted octanol–water partition coefficient (Wildman–Crippen LogP) is 3.56. The van der Waals surface area contributed by atoms with Gasteiger partial charge < -0.3 is 4.72 Å². The number of hydrogen-bond donors (Lipinski definition) is 1. The summed E-state index contributed by atoms with van der Waals surface area (Å²) in [6.45, 7) is 6.22. The Morgan fingerprint density at radius 2 is 1.76 bits per heavy atom. The highest BCUT2D eigenvalue weighted by atomic mass is 32.2. The number of tetrazole rings is 1. The third-order valence-corrected chi connectivity index (χ3v) is 5.01. The van der Waals surface area contributed by atoms with Crippen molar-refractivity contribution in [1.29, 1.82) is 0 Å². The minimum atomic E-state index is -3.80. The maximum absolute atomic E-state index is 12.5. The fraction of sp³-hybridized carbons (Fsp3) is 0.235. The smallest absolute Gasteiger partial charge is 0.204 e. The molecule has 0 aliphatic rings. The summed E-state index contributed by atoms with van der Waals surface area (Å²) in [7, 11) is -3.80. The molecule has 0 unspecified atom stereocenters. The predicted molar refractivity (Wildman–Crippen MR) is 95.0 cm³/mol. The van der Waals surface area contributed by atoms with E-state index in [4.69, 9.17) is 0 Å². The molecule has 25 heavy (non-hydrogen) atoms. The molecule has 7 nitrogen and oxygen atoms in total. The van der Waals surface area contributed by atoms with Crippen LogP contribution in [0.5, 0.6) is 0 Å². The van der Waals surface area contributed by atoms with Crippen LogP contribution in [0.1, 0.15) is 26.3 Å².